The zero-order chi connectivity index (χ0) is 22.7. The van der Waals surface area contributed by atoms with Gasteiger partial charge in [-0.25, -0.2) is 4.68 Å². The third kappa shape index (κ3) is 4.36. The maximum Gasteiger partial charge on any atom is 0.264 e. The highest BCUT2D eigenvalue weighted by Crippen LogP contribution is 2.31. The molecule has 164 valence electrons. The van der Waals surface area contributed by atoms with E-state index in [0.717, 1.165) is 21.6 Å². The van der Waals surface area contributed by atoms with Crippen LogP contribution in [-0.2, 0) is 4.79 Å². The van der Waals surface area contributed by atoms with Gasteiger partial charge in [0, 0.05) is 23.7 Å². The molecule has 2 aromatic heterocycles. The molecule has 0 fully saturated rings. The van der Waals surface area contributed by atoms with E-state index in [9.17, 15) is 9.59 Å². The molecule has 0 saturated carbocycles. The van der Waals surface area contributed by atoms with E-state index in [1.165, 1.54) is 16.2 Å². The molecular formula is C24H24N4O3S. The van der Waals surface area contributed by atoms with Crippen LogP contribution in [0.15, 0.2) is 60.7 Å². The maximum absolute atomic E-state index is 13.2. The van der Waals surface area contributed by atoms with Gasteiger partial charge in [-0.2, -0.15) is 5.10 Å². The number of benzene rings is 2. The number of nitrogens with zero attached hydrogens (tertiary/aromatic N) is 3. The normalized spacial score (nSPS) is 10.8. The van der Waals surface area contributed by atoms with Crippen LogP contribution < -0.4 is 10.1 Å². The van der Waals surface area contributed by atoms with E-state index < -0.39 is 0 Å². The number of hydrogen-bond donors (Lipinski definition) is 1. The predicted octanol–water partition coefficient (Wildman–Crippen LogP) is 4.50. The number of methoxy groups -OCH3 is 1. The molecule has 0 aliphatic heterocycles. The number of carbonyl (C=O) groups is 2. The van der Waals surface area contributed by atoms with E-state index >= 15 is 0 Å². The van der Waals surface area contributed by atoms with Gasteiger partial charge in [-0.3, -0.25) is 9.59 Å². The number of hydrogen-bond acceptors (Lipinski definition) is 5. The molecule has 1 N–H and O–H groups in total. The third-order valence-corrected chi connectivity index (χ3v) is 6.21. The first-order chi connectivity index (χ1) is 15.5. The second-order valence-corrected chi connectivity index (χ2v) is 8.29. The van der Waals surface area contributed by atoms with Gasteiger partial charge >= 0.3 is 0 Å². The van der Waals surface area contributed by atoms with Crippen molar-refractivity contribution in [1.29, 1.82) is 0 Å². The molecule has 4 rings (SSSR count). The van der Waals surface area contributed by atoms with Gasteiger partial charge in [-0.15, -0.1) is 11.3 Å². The lowest BCUT2D eigenvalue weighted by atomic mass is 10.2. The van der Waals surface area contributed by atoms with E-state index in [1.807, 2.05) is 54.9 Å². The highest BCUT2D eigenvalue weighted by Gasteiger charge is 2.22. The Kier molecular flexibility index (Phi) is 6.23. The van der Waals surface area contributed by atoms with E-state index in [1.54, 1.807) is 31.4 Å². The van der Waals surface area contributed by atoms with Crippen LogP contribution in [0, 0.1) is 6.92 Å². The van der Waals surface area contributed by atoms with Crippen molar-refractivity contribution in [3.05, 3.63) is 71.2 Å². The van der Waals surface area contributed by atoms with Gasteiger partial charge in [0.05, 0.1) is 23.4 Å². The number of fused-ring (bicyclic) bond motifs is 1. The van der Waals surface area contributed by atoms with Crippen LogP contribution in [0.25, 0.3) is 15.9 Å². The second-order valence-electron chi connectivity index (χ2n) is 7.26. The quantitative estimate of drug-likeness (QED) is 0.451. The fourth-order valence-corrected chi connectivity index (χ4v) is 4.61. The smallest absolute Gasteiger partial charge is 0.264 e. The molecule has 0 spiro atoms. The predicted molar refractivity (Wildman–Crippen MR) is 127 cm³/mol. The summed E-state index contributed by atoms with van der Waals surface area (Å²) in [6.45, 7) is 4.18. The lowest BCUT2D eigenvalue weighted by molar-refractivity contribution is -0.116. The van der Waals surface area contributed by atoms with Crippen molar-refractivity contribution < 1.29 is 14.3 Å². The Hall–Kier alpha value is -3.65. The number of carbonyl (C=O) groups excluding carboxylic acids is 2. The molecule has 4 aromatic rings. The molecule has 0 saturated heterocycles. The van der Waals surface area contributed by atoms with Crippen LogP contribution in [-0.4, -0.2) is 46.7 Å². The van der Waals surface area contributed by atoms with Crippen LogP contribution in [0.2, 0.25) is 0 Å². The fourth-order valence-electron chi connectivity index (χ4n) is 3.45. The van der Waals surface area contributed by atoms with E-state index in [0.29, 0.717) is 22.9 Å². The molecule has 7 nitrogen and oxygen atoms in total. The van der Waals surface area contributed by atoms with E-state index in [4.69, 9.17) is 4.74 Å². The maximum atomic E-state index is 13.2. The number of thiophene rings is 1. The largest absolute Gasteiger partial charge is 0.497 e. The number of aryl methyl sites for hydroxylation is 1. The van der Waals surface area contributed by atoms with Gasteiger partial charge in [-0.1, -0.05) is 24.3 Å². The van der Waals surface area contributed by atoms with Crippen LogP contribution in [0.1, 0.15) is 22.3 Å². The summed E-state index contributed by atoms with van der Waals surface area (Å²) in [5.74, 6) is 0.217. The molecule has 8 heteroatoms. The van der Waals surface area contributed by atoms with Gasteiger partial charge in [0.1, 0.15) is 17.1 Å². The van der Waals surface area contributed by atoms with Gasteiger partial charge in [0.25, 0.3) is 5.91 Å². The standard InChI is InChI=1S/C24H24N4O3S/c1-4-27(15-22(29)25-17-9-8-12-19(13-17)31-3)23(30)21-14-20-16(2)26-28(24(20)32-21)18-10-6-5-7-11-18/h5-14H,4,15H2,1-3H3,(H,25,29). The molecule has 32 heavy (non-hydrogen) atoms. The fraction of sp³-hybridized carbons (Fsp3) is 0.208. The van der Waals surface area contributed by atoms with Gasteiger partial charge in [-0.05, 0) is 44.2 Å². The van der Waals surface area contributed by atoms with Crippen molar-refractivity contribution in [2.75, 3.05) is 25.5 Å². The first-order valence-electron chi connectivity index (χ1n) is 10.3. The average Bonchev–Trinajstić information content (AvgIpc) is 3.38. The minimum Gasteiger partial charge on any atom is -0.497 e. The topological polar surface area (TPSA) is 76.5 Å². The summed E-state index contributed by atoms with van der Waals surface area (Å²) < 4.78 is 7.04. The summed E-state index contributed by atoms with van der Waals surface area (Å²) in [4.78, 5) is 28.8. The Morgan fingerprint density at radius 1 is 1.12 bits per heavy atom. The first-order valence-corrected chi connectivity index (χ1v) is 11.1. The van der Waals surface area contributed by atoms with Gasteiger partial charge in [0.2, 0.25) is 5.91 Å². The van der Waals surface area contributed by atoms with Crippen LogP contribution >= 0.6 is 11.3 Å². The zero-order valence-electron chi connectivity index (χ0n) is 18.2. The number of rotatable bonds is 7. The Bertz CT molecular complexity index is 1260. The van der Waals surface area contributed by atoms with Crippen molar-refractivity contribution in [2.24, 2.45) is 0 Å². The van der Waals surface area contributed by atoms with E-state index in [-0.39, 0.29) is 18.4 Å². The molecule has 0 atom stereocenters. The molecule has 2 aromatic carbocycles. The lowest BCUT2D eigenvalue weighted by Crippen LogP contribution is -2.37. The summed E-state index contributed by atoms with van der Waals surface area (Å²) >= 11 is 1.39. The summed E-state index contributed by atoms with van der Waals surface area (Å²) in [5.41, 5.74) is 2.42. The highest BCUT2D eigenvalue weighted by atomic mass is 32.1. The molecule has 0 bridgehead atoms. The summed E-state index contributed by atoms with van der Waals surface area (Å²) in [5, 5.41) is 8.39. The summed E-state index contributed by atoms with van der Waals surface area (Å²) in [6, 6.07) is 18.8. The van der Waals surface area contributed by atoms with Crippen LogP contribution in [0.3, 0.4) is 0 Å². The SMILES string of the molecule is CCN(CC(=O)Nc1cccc(OC)c1)C(=O)c1cc2c(C)nn(-c3ccccc3)c2s1. The first kappa shape index (κ1) is 21.6. The monoisotopic (exact) mass is 448 g/mol. The Labute approximate surface area is 190 Å². The number of anilines is 1. The molecule has 0 radical (unpaired) electrons. The van der Waals surface area contributed by atoms with Gasteiger partial charge < -0.3 is 15.0 Å². The molecule has 2 amide bonds. The molecular weight excluding hydrogens is 424 g/mol. The number of likely N-dealkylation sites (N-methyl/N-ethyl adjacent to an activating group) is 1. The van der Waals surface area contributed by atoms with Crippen molar-refractivity contribution in [3.8, 4) is 11.4 Å². The number of para-hydroxylation sites is 1. The number of amides is 2. The Balaban J connectivity index is 1.53. The zero-order valence-corrected chi connectivity index (χ0v) is 19.0. The Morgan fingerprint density at radius 3 is 2.62 bits per heavy atom. The van der Waals surface area contributed by atoms with Crippen molar-refractivity contribution in [2.45, 2.75) is 13.8 Å². The molecule has 2 heterocycles. The number of nitrogens with one attached hydrogen (secondary N) is 1. The van der Waals surface area contributed by atoms with Crippen molar-refractivity contribution in [3.63, 3.8) is 0 Å². The summed E-state index contributed by atoms with van der Waals surface area (Å²) in [7, 11) is 1.57. The Morgan fingerprint density at radius 2 is 1.91 bits per heavy atom. The summed E-state index contributed by atoms with van der Waals surface area (Å²) in [6.07, 6.45) is 0. The van der Waals surface area contributed by atoms with Crippen molar-refractivity contribution >= 4 is 39.1 Å². The number of aromatic nitrogens is 2. The molecule has 0 aliphatic rings. The average molecular weight is 449 g/mol. The minimum atomic E-state index is -0.263. The van der Waals surface area contributed by atoms with Crippen LogP contribution in [0.5, 0.6) is 5.75 Å². The van der Waals surface area contributed by atoms with Gasteiger partial charge in [0.15, 0.2) is 0 Å². The van der Waals surface area contributed by atoms with Crippen LogP contribution in [0.4, 0.5) is 5.69 Å². The molecule has 0 aliphatic carbocycles. The minimum absolute atomic E-state index is 0.0371. The van der Waals surface area contributed by atoms with Crippen molar-refractivity contribution in [1.82, 2.24) is 14.7 Å². The second kappa shape index (κ2) is 9.23. The highest BCUT2D eigenvalue weighted by molar-refractivity contribution is 7.20. The number of ether oxygens (including phenoxy) is 1. The third-order valence-electron chi connectivity index (χ3n) is 5.11. The van der Waals surface area contributed by atoms with E-state index in [2.05, 4.69) is 10.4 Å². The molecule has 0 unspecified atom stereocenters. The lowest BCUT2D eigenvalue weighted by Gasteiger charge is -2.19.